The Morgan fingerprint density at radius 2 is 1.68 bits per heavy atom. The van der Waals surface area contributed by atoms with E-state index in [9.17, 15) is 14.4 Å². The standard InChI is InChI=1S/C20H23N4O6P/c21-20(22)24-15-5-3-14(4-6-15)19(27)30-16-7-1-13(2-8-16)11-18(26)28-12-17(25)23-9-10-29-31/h1-8H,9-12,31H2,(H,23,25)(H4,21,22,24). The van der Waals surface area contributed by atoms with Crippen molar-refractivity contribution < 1.29 is 28.4 Å². The molecule has 0 saturated heterocycles. The Kier molecular flexibility index (Phi) is 9.41. The number of nitrogens with two attached hydrogens (primary N) is 2. The first-order chi connectivity index (χ1) is 14.9. The van der Waals surface area contributed by atoms with E-state index in [0.717, 1.165) is 0 Å². The van der Waals surface area contributed by atoms with Crippen LogP contribution in [0.4, 0.5) is 5.69 Å². The first-order valence-corrected chi connectivity index (χ1v) is 9.59. The van der Waals surface area contributed by atoms with Gasteiger partial charge in [0.05, 0.1) is 24.3 Å². The quantitative estimate of drug-likeness (QED) is 0.121. The fourth-order valence-corrected chi connectivity index (χ4v) is 2.44. The molecule has 0 radical (unpaired) electrons. The second-order valence-electron chi connectivity index (χ2n) is 6.18. The third kappa shape index (κ3) is 8.81. The van der Waals surface area contributed by atoms with Crippen LogP contribution in [-0.4, -0.2) is 43.6 Å². The number of carbonyl (C=O) groups is 3. The SMILES string of the molecule is NC(N)=Nc1ccc(C(=O)Oc2ccc(CC(=O)OCC(=O)NCCOP)cc2)cc1. The number of hydrogen-bond acceptors (Lipinski definition) is 7. The highest BCUT2D eigenvalue weighted by Gasteiger charge is 2.11. The minimum atomic E-state index is -0.554. The van der Waals surface area contributed by atoms with Gasteiger partial charge in [-0.05, 0) is 42.0 Å². The van der Waals surface area contributed by atoms with Crippen molar-refractivity contribution in [2.24, 2.45) is 16.5 Å². The average Bonchev–Trinajstić information content (AvgIpc) is 2.74. The minimum absolute atomic E-state index is 0.0253. The lowest BCUT2D eigenvalue weighted by Gasteiger charge is -2.07. The number of nitrogens with zero attached hydrogens (tertiary/aromatic N) is 1. The molecule has 0 spiro atoms. The number of aliphatic imine (C=N–C) groups is 1. The van der Waals surface area contributed by atoms with E-state index in [0.29, 0.717) is 35.7 Å². The van der Waals surface area contributed by atoms with Gasteiger partial charge in [-0.3, -0.25) is 9.59 Å². The summed E-state index contributed by atoms with van der Waals surface area (Å²) < 4.78 is 14.9. The molecule has 5 N–H and O–H groups in total. The van der Waals surface area contributed by atoms with Gasteiger partial charge in [0, 0.05) is 16.0 Å². The number of esters is 2. The molecule has 0 aliphatic heterocycles. The fourth-order valence-electron chi connectivity index (χ4n) is 2.33. The van der Waals surface area contributed by atoms with Gasteiger partial charge in [0.15, 0.2) is 12.6 Å². The monoisotopic (exact) mass is 446 g/mol. The number of carbonyl (C=O) groups excluding carboxylic acids is 3. The molecule has 0 heterocycles. The second kappa shape index (κ2) is 12.3. The van der Waals surface area contributed by atoms with Gasteiger partial charge in [-0.2, -0.15) is 0 Å². The average molecular weight is 446 g/mol. The second-order valence-corrected chi connectivity index (χ2v) is 6.51. The van der Waals surface area contributed by atoms with E-state index in [-0.39, 0.29) is 19.0 Å². The van der Waals surface area contributed by atoms with Crippen molar-refractivity contribution in [3.8, 4) is 5.75 Å². The molecule has 10 nitrogen and oxygen atoms in total. The van der Waals surface area contributed by atoms with Crippen molar-refractivity contribution in [3.63, 3.8) is 0 Å². The molecule has 2 aromatic rings. The Labute approximate surface area is 181 Å². The van der Waals surface area contributed by atoms with Crippen LogP contribution in [0.5, 0.6) is 5.75 Å². The van der Waals surface area contributed by atoms with Crippen LogP contribution in [0.2, 0.25) is 0 Å². The molecule has 2 rings (SSSR count). The van der Waals surface area contributed by atoms with Crippen molar-refractivity contribution in [3.05, 3.63) is 59.7 Å². The molecule has 0 aliphatic carbocycles. The van der Waals surface area contributed by atoms with Gasteiger partial charge in [0.2, 0.25) is 0 Å². The van der Waals surface area contributed by atoms with Gasteiger partial charge in [0.25, 0.3) is 5.91 Å². The van der Waals surface area contributed by atoms with Crippen molar-refractivity contribution in [1.29, 1.82) is 0 Å². The number of hydrogen-bond donors (Lipinski definition) is 3. The van der Waals surface area contributed by atoms with Crippen LogP contribution in [0.3, 0.4) is 0 Å². The minimum Gasteiger partial charge on any atom is -0.455 e. The van der Waals surface area contributed by atoms with Crippen LogP contribution in [0.15, 0.2) is 53.5 Å². The number of ether oxygens (including phenoxy) is 2. The van der Waals surface area contributed by atoms with E-state index < -0.39 is 17.8 Å². The molecular weight excluding hydrogens is 423 g/mol. The molecule has 1 atom stereocenters. The molecule has 0 aromatic heterocycles. The van der Waals surface area contributed by atoms with Gasteiger partial charge >= 0.3 is 11.9 Å². The van der Waals surface area contributed by atoms with Crippen LogP contribution in [-0.2, 0) is 25.3 Å². The van der Waals surface area contributed by atoms with Crippen LogP contribution in [0.1, 0.15) is 15.9 Å². The molecule has 0 bridgehead atoms. The summed E-state index contributed by atoms with van der Waals surface area (Å²) in [6.07, 6.45) is -0.0253. The Morgan fingerprint density at radius 1 is 1.00 bits per heavy atom. The van der Waals surface area contributed by atoms with Crippen molar-refractivity contribution in [1.82, 2.24) is 5.32 Å². The molecule has 0 aliphatic rings. The molecule has 11 heteroatoms. The zero-order chi connectivity index (χ0) is 22.6. The van der Waals surface area contributed by atoms with E-state index in [1.165, 1.54) is 0 Å². The summed E-state index contributed by atoms with van der Waals surface area (Å²) in [5.41, 5.74) is 12.1. The topological polar surface area (TPSA) is 155 Å². The van der Waals surface area contributed by atoms with Gasteiger partial charge in [-0.15, -0.1) is 0 Å². The van der Waals surface area contributed by atoms with Gasteiger partial charge in [-0.1, -0.05) is 12.1 Å². The smallest absolute Gasteiger partial charge is 0.343 e. The Bertz CT molecular complexity index is 928. The molecule has 2 aromatic carbocycles. The predicted molar refractivity (Wildman–Crippen MR) is 117 cm³/mol. The highest BCUT2D eigenvalue weighted by atomic mass is 31.0. The van der Waals surface area contributed by atoms with Gasteiger partial charge in [-0.25, -0.2) is 9.79 Å². The fraction of sp³-hybridized carbons (Fsp3) is 0.200. The third-order valence-electron chi connectivity index (χ3n) is 3.75. The van der Waals surface area contributed by atoms with Crippen molar-refractivity contribution >= 4 is 39.0 Å². The molecule has 31 heavy (non-hydrogen) atoms. The predicted octanol–water partition coefficient (Wildman–Crippen LogP) is 0.819. The number of rotatable bonds is 10. The van der Waals surface area contributed by atoms with Crippen LogP contribution >= 0.6 is 9.47 Å². The van der Waals surface area contributed by atoms with Crippen LogP contribution in [0.25, 0.3) is 0 Å². The summed E-state index contributed by atoms with van der Waals surface area (Å²) in [6.45, 7) is 0.290. The van der Waals surface area contributed by atoms with Crippen molar-refractivity contribution in [2.75, 3.05) is 19.8 Å². The summed E-state index contributed by atoms with van der Waals surface area (Å²) in [5, 5.41) is 2.53. The van der Waals surface area contributed by atoms with Gasteiger partial charge < -0.3 is 30.8 Å². The van der Waals surface area contributed by atoms with E-state index in [2.05, 4.69) is 19.8 Å². The number of benzene rings is 2. The number of amides is 1. The Balaban J connectivity index is 1.82. The van der Waals surface area contributed by atoms with Crippen LogP contribution in [0, 0.1) is 0 Å². The lowest BCUT2D eigenvalue weighted by Crippen LogP contribution is -2.31. The molecule has 164 valence electrons. The lowest BCUT2D eigenvalue weighted by molar-refractivity contribution is -0.147. The van der Waals surface area contributed by atoms with E-state index in [1.54, 1.807) is 48.5 Å². The Morgan fingerprint density at radius 3 is 2.29 bits per heavy atom. The Hall–Kier alpha value is -3.49. The first kappa shape index (κ1) is 23.8. The first-order valence-electron chi connectivity index (χ1n) is 9.12. The van der Waals surface area contributed by atoms with E-state index >= 15 is 0 Å². The van der Waals surface area contributed by atoms with Gasteiger partial charge in [0.1, 0.15) is 5.75 Å². The van der Waals surface area contributed by atoms with Crippen molar-refractivity contribution in [2.45, 2.75) is 6.42 Å². The maximum Gasteiger partial charge on any atom is 0.343 e. The molecule has 1 unspecified atom stereocenters. The summed E-state index contributed by atoms with van der Waals surface area (Å²) in [7, 11) is 2.07. The summed E-state index contributed by atoms with van der Waals surface area (Å²) >= 11 is 0. The largest absolute Gasteiger partial charge is 0.455 e. The molecule has 0 fully saturated rings. The summed E-state index contributed by atoms with van der Waals surface area (Å²) in [4.78, 5) is 39.4. The molecular formula is C20H23N4O6P. The maximum atomic E-state index is 12.2. The van der Waals surface area contributed by atoms with E-state index in [4.69, 9.17) is 25.5 Å². The van der Waals surface area contributed by atoms with E-state index in [1.807, 2.05) is 0 Å². The number of nitrogens with one attached hydrogen (secondary N) is 1. The normalized spacial score (nSPS) is 10.1. The molecule has 1 amide bonds. The zero-order valence-electron chi connectivity index (χ0n) is 16.6. The van der Waals surface area contributed by atoms with Crippen LogP contribution < -0.4 is 21.5 Å². The maximum absolute atomic E-state index is 12.2. The zero-order valence-corrected chi connectivity index (χ0v) is 17.7. The number of guanidine groups is 1. The summed E-state index contributed by atoms with van der Waals surface area (Å²) in [5.74, 6) is -1.29. The summed E-state index contributed by atoms with van der Waals surface area (Å²) in [6, 6.07) is 12.6. The highest BCUT2D eigenvalue weighted by molar-refractivity contribution is 7.09. The lowest BCUT2D eigenvalue weighted by atomic mass is 10.1. The molecule has 0 saturated carbocycles. The highest BCUT2D eigenvalue weighted by Crippen LogP contribution is 2.17. The third-order valence-corrected chi connectivity index (χ3v) is 3.99.